The SMILES string of the molecule is COC(=O)CCC[C@H](F)[C@@]1(OC)C[C@@H]2[C@@H](/C=C/[C@H](O[Si](C)(C)C(C)(C)C)C3CCCC3)[C@H](O[Si](C)(C)C(C)(C)C)C[C@@H]2O1. The van der Waals surface area contributed by atoms with Gasteiger partial charge in [-0.1, -0.05) is 66.5 Å². The van der Waals surface area contributed by atoms with E-state index >= 15 is 4.39 Å². The zero-order valence-corrected chi connectivity index (χ0v) is 31.4. The van der Waals surface area contributed by atoms with Crippen molar-refractivity contribution in [3.8, 4) is 0 Å². The molecule has 0 aromatic heterocycles. The lowest BCUT2D eigenvalue weighted by molar-refractivity contribution is -0.248. The normalized spacial score (nSPS) is 30.6. The van der Waals surface area contributed by atoms with E-state index in [0.29, 0.717) is 18.8 Å². The fourth-order valence-corrected chi connectivity index (χ4v) is 9.28. The lowest BCUT2D eigenvalue weighted by atomic mass is 9.86. The summed E-state index contributed by atoms with van der Waals surface area (Å²) in [6, 6.07) is 0. The number of alkyl halides is 1. The quantitative estimate of drug-likeness (QED) is 0.114. The van der Waals surface area contributed by atoms with Crippen LogP contribution in [0.5, 0.6) is 0 Å². The summed E-state index contributed by atoms with van der Waals surface area (Å²) in [5.41, 5.74) is 0. The molecule has 250 valence electrons. The van der Waals surface area contributed by atoms with Gasteiger partial charge >= 0.3 is 5.97 Å². The van der Waals surface area contributed by atoms with Crippen LogP contribution in [0.15, 0.2) is 12.2 Å². The maximum Gasteiger partial charge on any atom is 0.305 e. The molecule has 0 bridgehead atoms. The minimum Gasteiger partial charge on any atom is -0.469 e. The van der Waals surface area contributed by atoms with Crippen LogP contribution in [0, 0.1) is 17.8 Å². The summed E-state index contributed by atoms with van der Waals surface area (Å²) in [5, 5.41) is 0.211. The van der Waals surface area contributed by atoms with Crippen molar-refractivity contribution >= 4 is 22.6 Å². The van der Waals surface area contributed by atoms with Crippen molar-refractivity contribution in [2.45, 2.75) is 166 Å². The van der Waals surface area contributed by atoms with E-state index in [1.807, 2.05) is 0 Å². The summed E-state index contributed by atoms with van der Waals surface area (Å²) in [6.07, 6.45) is 10.2. The topological polar surface area (TPSA) is 63.2 Å². The van der Waals surface area contributed by atoms with Crippen molar-refractivity contribution in [3.05, 3.63) is 12.2 Å². The molecule has 1 saturated heterocycles. The van der Waals surface area contributed by atoms with Gasteiger partial charge < -0.3 is 23.1 Å². The van der Waals surface area contributed by atoms with Gasteiger partial charge in [0.25, 0.3) is 0 Å². The molecule has 9 heteroatoms. The van der Waals surface area contributed by atoms with E-state index in [1.54, 1.807) is 7.11 Å². The molecule has 7 atom stereocenters. The molecular formula is C34H63FO6Si2. The predicted octanol–water partition coefficient (Wildman–Crippen LogP) is 8.96. The first-order valence-electron chi connectivity index (χ1n) is 16.7. The smallest absolute Gasteiger partial charge is 0.305 e. The van der Waals surface area contributed by atoms with Crippen molar-refractivity contribution < 1.29 is 32.2 Å². The third-order valence-corrected chi connectivity index (χ3v) is 20.5. The van der Waals surface area contributed by atoms with Gasteiger partial charge in [-0.3, -0.25) is 4.79 Å². The number of rotatable bonds is 13. The van der Waals surface area contributed by atoms with E-state index in [0.717, 1.165) is 6.42 Å². The van der Waals surface area contributed by atoms with Crippen LogP contribution in [0.3, 0.4) is 0 Å². The standard InChI is InChI=1S/C34H63FO6Si2/c1-32(2,3)42(9,10)40-27(24-16-13-14-17-24)21-20-25-26-23-34(38-8,30(35)18-15-19-31(36)37-7)39-28(26)22-29(25)41-43(11,12)33(4,5)6/h20-21,24-30H,13-19,22-23H2,1-12H3/b21-20+/t25-,26-,27+,28+,29-,30+,34-/m1/s1. The Bertz CT molecular complexity index is 952. The summed E-state index contributed by atoms with van der Waals surface area (Å²) < 4.78 is 47.1. The van der Waals surface area contributed by atoms with Crippen LogP contribution in [0.25, 0.3) is 0 Å². The van der Waals surface area contributed by atoms with E-state index in [1.165, 1.54) is 32.8 Å². The van der Waals surface area contributed by atoms with Crippen molar-refractivity contribution in [3.63, 3.8) is 0 Å². The average Bonchev–Trinajstić information content (AvgIpc) is 3.61. The lowest BCUT2D eigenvalue weighted by Gasteiger charge is -2.41. The van der Waals surface area contributed by atoms with Crippen molar-refractivity contribution in [1.82, 2.24) is 0 Å². The number of halogens is 1. The second kappa shape index (κ2) is 14.0. The first kappa shape index (κ1) is 36.9. The van der Waals surface area contributed by atoms with Gasteiger partial charge in [0.1, 0.15) is 0 Å². The maximum atomic E-state index is 15.8. The van der Waals surface area contributed by atoms with Crippen molar-refractivity contribution in [1.29, 1.82) is 0 Å². The summed E-state index contributed by atoms with van der Waals surface area (Å²) >= 11 is 0. The number of methoxy groups -OCH3 is 2. The minimum atomic E-state index is -2.07. The molecule has 0 aromatic rings. The second-order valence-electron chi connectivity index (χ2n) is 16.5. The third-order valence-electron chi connectivity index (χ3n) is 11.5. The number of hydrogen-bond acceptors (Lipinski definition) is 6. The van der Waals surface area contributed by atoms with Gasteiger partial charge in [-0.2, -0.15) is 0 Å². The van der Waals surface area contributed by atoms with Crippen LogP contribution in [0.4, 0.5) is 4.39 Å². The van der Waals surface area contributed by atoms with E-state index in [-0.39, 0.29) is 59.0 Å². The molecule has 2 aliphatic carbocycles. The predicted molar refractivity (Wildman–Crippen MR) is 177 cm³/mol. The molecule has 0 radical (unpaired) electrons. The average molecular weight is 643 g/mol. The zero-order valence-electron chi connectivity index (χ0n) is 29.4. The molecule has 3 rings (SSSR count). The monoisotopic (exact) mass is 642 g/mol. The van der Waals surface area contributed by atoms with E-state index in [4.69, 9.17) is 23.1 Å². The molecule has 0 spiro atoms. The number of ether oxygens (including phenoxy) is 3. The van der Waals surface area contributed by atoms with E-state index in [9.17, 15) is 4.79 Å². The second-order valence-corrected chi connectivity index (χ2v) is 26.0. The fraction of sp³-hybridized carbons (Fsp3) is 0.912. The molecule has 0 amide bonds. The molecule has 1 heterocycles. The molecule has 3 aliphatic rings. The van der Waals surface area contributed by atoms with Crippen LogP contribution >= 0.6 is 0 Å². The van der Waals surface area contributed by atoms with Gasteiger partial charge in [0.2, 0.25) is 0 Å². The van der Waals surface area contributed by atoms with Gasteiger partial charge in [0, 0.05) is 25.9 Å². The van der Waals surface area contributed by atoms with Gasteiger partial charge in [-0.25, -0.2) is 4.39 Å². The summed E-state index contributed by atoms with van der Waals surface area (Å²) in [6.45, 7) is 23.0. The first-order chi connectivity index (χ1) is 19.8. The summed E-state index contributed by atoms with van der Waals surface area (Å²) in [7, 11) is -1.15. The van der Waals surface area contributed by atoms with Gasteiger partial charge in [0.05, 0.1) is 25.4 Å². The molecule has 1 aliphatic heterocycles. The van der Waals surface area contributed by atoms with Crippen LogP contribution in [0.1, 0.15) is 99.3 Å². The molecule has 43 heavy (non-hydrogen) atoms. The van der Waals surface area contributed by atoms with E-state index < -0.39 is 28.6 Å². The lowest BCUT2D eigenvalue weighted by Crippen LogP contribution is -2.46. The number of carbonyl (C=O) groups is 1. The number of fused-ring (bicyclic) bond motifs is 1. The van der Waals surface area contributed by atoms with Crippen LogP contribution in [0.2, 0.25) is 36.3 Å². The van der Waals surface area contributed by atoms with Crippen LogP contribution in [-0.2, 0) is 27.9 Å². The Labute approximate surface area is 264 Å². The fourth-order valence-electron chi connectivity index (χ4n) is 6.61. The molecular weight excluding hydrogens is 580 g/mol. The molecule has 3 fully saturated rings. The highest BCUT2D eigenvalue weighted by atomic mass is 28.4. The maximum absolute atomic E-state index is 15.8. The Morgan fingerprint density at radius 2 is 1.63 bits per heavy atom. The minimum absolute atomic E-state index is 0.0106. The first-order valence-corrected chi connectivity index (χ1v) is 22.6. The van der Waals surface area contributed by atoms with Gasteiger partial charge in [-0.15, -0.1) is 0 Å². The Kier molecular flexibility index (Phi) is 12.0. The molecule has 0 N–H and O–H groups in total. The number of esters is 1. The summed E-state index contributed by atoms with van der Waals surface area (Å²) in [4.78, 5) is 11.6. The van der Waals surface area contributed by atoms with Crippen LogP contribution in [-0.4, -0.2) is 67.1 Å². The number of carbonyl (C=O) groups excluding carboxylic acids is 1. The molecule has 6 nitrogen and oxygen atoms in total. The van der Waals surface area contributed by atoms with Crippen LogP contribution < -0.4 is 0 Å². The highest BCUT2D eigenvalue weighted by Gasteiger charge is 2.59. The molecule has 2 saturated carbocycles. The van der Waals surface area contributed by atoms with E-state index in [2.05, 4.69) is 79.9 Å². The third kappa shape index (κ3) is 8.62. The Hall–Kier alpha value is -0.586. The highest BCUT2D eigenvalue weighted by molar-refractivity contribution is 6.74. The zero-order chi connectivity index (χ0) is 32.4. The Morgan fingerprint density at radius 3 is 2.16 bits per heavy atom. The molecule has 0 aromatic carbocycles. The molecule has 0 unspecified atom stereocenters. The van der Waals surface area contributed by atoms with Crippen molar-refractivity contribution in [2.24, 2.45) is 17.8 Å². The Balaban J connectivity index is 1.89. The Morgan fingerprint density at radius 1 is 1.02 bits per heavy atom. The van der Waals surface area contributed by atoms with Gasteiger partial charge in [0.15, 0.2) is 28.6 Å². The summed E-state index contributed by atoms with van der Waals surface area (Å²) in [5.74, 6) is -0.921. The van der Waals surface area contributed by atoms with Crippen molar-refractivity contribution in [2.75, 3.05) is 14.2 Å². The highest BCUT2D eigenvalue weighted by Crippen LogP contribution is 2.53. The largest absolute Gasteiger partial charge is 0.469 e. The van der Waals surface area contributed by atoms with Gasteiger partial charge in [-0.05, 0) is 80.2 Å². The number of hydrogen-bond donors (Lipinski definition) is 0.